The van der Waals surface area contributed by atoms with Crippen LogP contribution >= 0.6 is 0 Å². The van der Waals surface area contributed by atoms with Gasteiger partial charge in [-0.15, -0.1) is 0 Å². The number of nitrogens with zero attached hydrogens (tertiary/aromatic N) is 2. The molecule has 2 nitrogen and oxygen atoms in total. The summed E-state index contributed by atoms with van der Waals surface area (Å²) in [5.74, 6) is -1.18. The maximum absolute atomic E-state index is 14.3. The fourth-order valence-electron chi connectivity index (χ4n) is 2.80. The summed E-state index contributed by atoms with van der Waals surface area (Å²) in [7, 11) is 0. The van der Waals surface area contributed by atoms with Gasteiger partial charge in [0.1, 0.15) is 11.6 Å². The summed E-state index contributed by atoms with van der Waals surface area (Å²) < 4.78 is 30.3. The molecule has 0 N–H and O–H groups in total. The smallest absolute Gasteiger partial charge is 0.130 e. The third kappa shape index (κ3) is 2.39. The van der Waals surface area contributed by atoms with Gasteiger partial charge in [-0.3, -0.25) is 4.68 Å². The summed E-state index contributed by atoms with van der Waals surface area (Å²) in [5, 5.41) is 5.34. The summed E-state index contributed by atoms with van der Waals surface area (Å²) in [6, 6.07) is 8.46. The van der Waals surface area contributed by atoms with Crippen LogP contribution < -0.4 is 0 Å². The Hall–Kier alpha value is -2.23. The molecule has 0 aliphatic heterocycles. The van der Waals surface area contributed by atoms with Crippen LogP contribution in [0.4, 0.5) is 8.78 Å². The summed E-state index contributed by atoms with van der Waals surface area (Å²) in [6.07, 6.45) is 1.91. The minimum absolute atomic E-state index is 0.139. The fourth-order valence-corrected chi connectivity index (χ4v) is 2.80. The van der Waals surface area contributed by atoms with E-state index in [1.807, 2.05) is 36.0 Å². The van der Waals surface area contributed by atoms with E-state index in [9.17, 15) is 8.78 Å². The number of hydrogen-bond acceptors (Lipinski definition) is 1. The largest absolute Gasteiger partial charge is 0.272 e. The van der Waals surface area contributed by atoms with E-state index in [0.29, 0.717) is 5.56 Å². The van der Waals surface area contributed by atoms with Crippen molar-refractivity contribution in [1.29, 1.82) is 0 Å². The van der Waals surface area contributed by atoms with Crippen molar-refractivity contribution in [3.63, 3.8) is 0 Å². The highest BCUT2D eigenvalue weighted by Gasteiger charge is 2.16. The lowest BCUT2D eigenvalue weighted by molar-refractivity contribution is 0.542. The van der Waals surface area contributed by atoms with Gasteiger partial charge in [-0.05, 0) is 42.2 Å². The number of hydrogen-bond donors (Lipinski definition) is 0. The Kier molecular flexibility index (Phi) is 3.69. The van der Waals surface area contributed by atoms with Gasteiger partial charge in [0.05, 0.1) is 5.52 Å². The molecule has 0 amide bonds. The van der Waals surface area contributed by atoms with Gasteiger partial charge in [0, 0.05) is 23.7 Å². The summed E-state index contributed by atoms with van der Waals surface area (Å²) in [6.45, 7) is 6.33. The molecule has 1 heterocycles. The summed E-state index contributed by atoms with van der Waals surface area (Å²) in [5.41, 5.74) is 2.30. The predicted octanol–water partition coefficient (Wildman–Crippen LogP) is 5.12. The number of benzene rings is 2. The number of halogens is 2. The molecule has 0 aliphatic rings. The Balaban J connectivity index is 2.21. The number of aromatic nitrogens is 2. The second kappa shape index (κ2) is 5.52. The molecule has 0 spiro atoms. The van der Waals surface area contributed by atoms with Gasteiger partial charge in [0.25, 0.3) is 0 Å². The second-order valence-corrected chi connectivity index (χ2v) is 5.73. The molecule has 0 unspecified atom stereocenters. The molecular weight excluding hydrogens is 282 g/mol. The van der Waals surface area contributed by atoms with E-state index >= 15 is 0 Å². The van der Waals surface area contributed by atoms with Crippen molar-refractivity contribution in [2.45, 2.75) is 33.2 Å². The van der Waals surface area contributed by atoms with Crippen LogP contribution in [0.1, 0.15) is 32.3 Å². The molecule has 0 saturated heterocycles. The molecular formula is C18H18F2N2. The molecule has 0 atom stereocenters. The minimum Gasteiger partial charge on any atom is -0.272 e. The molecule has 114 valence electrons. The Morgan fingerprint density at radius 2 is 1.82 bits per heavy atom. The van der Waals surface area contributed by atoms with E-state index in [0.717, 1.165) is 23.0 Å². The molecule has 0 radical (unpaired) electrons. The third-order valence-corrected chi connectivity index (χ3v) is 3.89. The van der Waals surface area contributed by atoms with Crippen LogP contribution in [0.3, 0.4) is 0 Å². The molecule has 3 rings (SSSR count). The van der Waals surface area contributed by atoms with Crippen molar-refractivity contribution in [3.8, 4) is 11.1 Å². The van der Waals surface area contributed by atoms with Crippen LogP contribution in [0, 0.1) is 11.6 Å². The van der Waals surface area contributed by atoms with Crippen molar-refractivity contribution in [2.24, 2.45) is 0 Å². The average molecular weight is 300 g/mol. The van der Waals surface area contributed by atoms with E-state index in [2.05, 4.69) is 5.10 Å². The molecule has 0 fully saturated rings. The van der Waals surface area contributed by atoms with Crippen molar-refractivity contribution in [2.75, 3.05) is 0 Å². The van der Waals surface area contributed by atoms with Crippen LogP contribution in [0.2, 0.25) is 0 Å². The van der Waals surface area contributed by atoms with E-state index in [-0.39, 0.29) is 11.5 Å². The van der Waals surface area contributed by atoms with E-state index in [1.165, 1.54) is 12.1 Å². The lowest BCUT2D eigenvalue weighted by Crippen LogP contribution is -1.99. The van der Waals surface area contributed by atoms with Crippen LogP contribution in [-0.2, 0) is 6.54 Å². The van der Waals surface area contributed by atoms with Crippen molar-refractivity contribution in [1.82, 2.24) is 9.78 Å². The topological polar surface area (TPSA) is 17.8 Å². The first-order valence-electron chi connectivity index (χ1n) is 7.46. The van der Waals surface area contributed by atoms with Crippen molar-refractivity contribution in [3.05, 3.63) is 53.7 Å². The maximum Gasteiger partial charge on any atom is 0.130 e. The average Bonchev–Trinajstić information content (AvgIpc) is 2.88. The van der Waals surface area contributed by atoms with E-state index in [1.54, 1.807) is 13.8 Å². The first-order chi connectivity index (χ1) is 10.5. The van der Waals surface area contributed by atoms with Gasteiger partial charge in [0.15, 0.2) is 0 Å². The molecule has 0 saturated carbocycles. The number of aryl methyl sites for hydroxylation is 1. The molecule has 22 heavy (non-hydrogen) atoms. The van der Waals surface area contributed by atoms with Gasteiger partial charge in [-0.25, -0.2) is 8.78 Å². The predicted molar refractivity (Wildman–Crippen MR) is 84.8 cm³/mol. The summed E-state index contributed by atoms with van der Waals surface area (Å²) in [4.78, 5) is 0. The van der Waals surface area contributed by atoms with E-state index in [4.69, 9.17) is 0 Å². The Morgan fingerprint density at radius 3 is 2.41 bits per heavy atom. The first kappa shape index (κ1) is 14.7. The van der Waals surface area contributed by atoms with Gasteiger partial charge < -0.3 is 0 Å². The second-order valence-electron chi connectivity index (χ2n) is 5.73. The van der Waals surface area contributed by atoms with Gasteiger partial charge in [0.2, 0.25) is 0 Å². The zero-order chi connectivity index (χ0) is 15.9. The molecule has 0 bridgehead atoms. The van der Waals surface area contributed by atoms with Gasteiger partial charge in [-0.2, -0.15) is 5.10 Å². The van der Waals surface area contributed by atoms with Crippen LogP contribution in [-0.4, -0.2) is 9.78 Å². The van der Waals surface area contributed by atoms with Gasteiger partial charge in [-0.1, -0.05) is 26.0 Å². The van der Waals surface area contributed by atoms with E-state index < -0.39 is 11.6 Å². The molecule has 0 aliphatic carbocycles. The molecule has 2 aromatic carbocycles. The monoisotopic (exact) mass is 300 g/mol. The molecule has 3 aromatic rings. The fraction of sp³-hybridized carbons (Fsp3) is 0.278. The van der Waals surface area contributed by atoms with Gasteiger partial charge >= 0.3 is 0 Å². The minimum atomic E-state index is -0.495. The van der Waals surface area contributed by atoms with Crippen molar-refractivity contribution >= 4 is 10.9 Å². The maximum atomic E-state index is 14.3. The lowest BCUT2D eigenvalue weighted by atomic mass is 9.96. The standard InChI is InChI=1S/C18H18F2N2/c1-4-22-10-14-13(6-5-7-17(14)21-22)12-8-15(19)18(11(2)3)16(20)9-12/h5-11H,4H2,1-3H3. The Bertz CT molecular complexity index is 811. The Morgan fingerprint density at radius 1 is 1.14 bits per heavy atom. The zero-order valence-electron chi connectivity index (χ0n) is 12.9. The highest BCUT2D eigenvalue weighted by Crippen LogP contribution is 2.32. The highest BCUT2D eigenvalue weighted by atomic mass is 19.1. The molecule has 4 heteroatoms. The quantitative estimate of drug-likeness (QED) is 0.656. The SMILES string of the molecule is CCn1cc2c(-c3cc(F)c(C(C)C)c(F)c3)cccc2n1. The molecule has 1 aromatic heterocycles. The van der Waals surface area contributed by atoms with Crippen molar-refractivity contribution < 1.29 is 8.78 Å². The highest BCUT2D eigenvalue weighted by molar-refractivity contribution is 5.94. The number of rotatable bonds is 3. The third-order valence-electron chi connectivity index (χ3n) is 3.89. The van der Waals surface area contributed by atoms with Crippen LogP contribution in [0.15, 0.2) is 36.5 Å². The normalized spacial score (nSPS) is 11.5. The number of fused-ring (bicyclic) bond motifs is 1. The summed E-state index contributed by atoms with van der Waals surface area (Å²) >= 11 is 0. The Labute approximate surface area is 128 Å². The van der Waals surface area contributed by atoms with Crippen LogP contribution in [0.25, 0.3) is 22.0 Å². The first-order valence-corrected chi connectivity index (χ1v) is 7.46. The zero-order valence-corrected chi connectivity index (χ0v) is 12.9. The lowest BCUT2D eigenvalue weighted by Gasteiger charge is -2.11. The van der Waals surface area contributed by atoms with Crippen LogP contribution in [0.5, 0.6) is 0 Å².